The molecule has 2 fully saturated rings. The van der Waals surface area contributed by atoms with Crippen LogP contribution in [0.5, 0.6) is 0 Å². The van der Waals surface area contributed by atoms with Gasteiger partial charge in [-0.3, -0.25) is 9.67 Å². The van der Waals surface area contributed by atoms with E-state index in [0.29, 0.717) is 22.8 Å². The number of amides is 1. The number of rotatable bonds is 5. The van der Waals surface area contributed by atoms with Gasteiger partial charge < -0.3 is 20.3 Å². The second-order valence-electron chi connectivity index (χ2n) is 11.5. The highest BCUT2D eigenvalue weighted by atomic mass is 35.5. The number of alkyl carbamates (subject to hydrolysis) is 1. The molecule has 1 aromatic carbocycles. The number of aryl methyl sites for hydroxylation is 1. The molecule has 1 spiro atoms. The van der Waals surface area contributed by atoms with Gasteiger partial charge in [-0.2, -0.15) is 5.10 Å². The van der Waals surface area contributed by atoms with Crippen molar-refractivity contribution in [1.29, 1.82) is 0 Å². The lowest BCUT2D eigenvalue weighted by Crippen LogP contribution is -2.44. The molecule has 40 heavy (non-hydrogen) atoms. The second kappa shape index (κ2) is 9.58. The Morgan fingerprint density at radius 2 is 2.00 bits per heavy atom. The fourth-order valence-electron chi connectivity index (χ4n) is 5.32. The summed E-state index contributed by atoms with van der Waals surface area (Å²) >= 11 is 6.75. The summed E-state index contributed by atoms with van der Waals surface area (Å²) in [6, 6.07) is 5.40. The molecule has 2 aliphatic rings. The van der Waals surface area contributed by atoms with Gasteiger partial charge in [0.05, 0.1) is 40.3 Å². The molecule has 12 heteroatoms. The van der Waals surface area contributed by atoms with Crippen molar-refractivity contribution < 1.29 is 13.9 Å². The molecule has 208 valence electrons. The maximum atomic E-state index is 15.0. The van der Waals surface area contributed by atoms with E-state index in [1.807, 2.05) is 32.9 Å². The number of nitrogens with zero attached hydrogens (tertiary/aromatic N) is 6. The lowest BCUT2D eigenvalue weighted by atomic mass is 10.0. The molecule has 2 N–H and O–H groups in total. The van der Waals surface area contributed by atoms with Crippen LogP contribution in [0, 0.1) is 11.2 Å². The van der Waals surface area contributed by atoms with E-state index in [4.69, 9.17) is 16.3 Å². The average molecular weight is 565 g/mol. The highest BCUT2D eigenvalue weighted by Crippen LogP contribution is 2.54. The fourth-order valence-corrected chi connectivity index (χ4v) is 5.59. The van der Waals surface area contributed by atoms with Crippen molar-refractivity contribution in [2.45, 2.75) is 45.3 Å². The van der Waals surface area contributed by atoms with Gasteiger partial charge in [0.2, 0.25) is 5.95 Å². The molecular weight excluding hydrogens is 535 g/mol. The summed E-state index contributed by atoms with van der Waals surface area (Å²) in [5.41, 5.74) is 2.32. The third kappa shape index (κ3) is 5.13. The first-order valence-electron chi connectivity index (χ1n) is 13.1. The van der Waals surface area contributed by atoms with Crippen molar-refractivity contribution >= 4 is 45.9 Å². The van der Waals surface area contributed by atoms with E-state index in [0.717, 1.165) is 42.2 Å². The van der Waals surface area contributed by atoms with Crippen molar-refractivity contribution in [2.75, 3.05) is 23.3 Å². The molecule has 4 heterocycles. The number of carbonyl (C=O) groups excluding carboxylic acids is 1. The SMILES string of the molecule is Cn1cc(Nc2ncc(F)c(-c3ccc4ncc(Cl)c(N5C[C@@H](NC(=O)OC(C)(C)C)C6(CC6)C5)c4c3)n2)cn1. The molecule has 0 radical (unpaired) electrons. The van der Waals surface area contributed by atoms with Crippen molar-refractivity contribution in [2.24, 2.45) is 12.5 Å². The first-order chi connectivity index (χ1) is 19.0. The minimum atomic E-state index is -0.580. The van der Waals surface area contributed by atoms with Crippen LogP contribution in [0.4, 0.5) is 26.5 Å². The van der Waals surface area contributed by atoms with Crippen LogP contribution in [0.3, 0.4) is 0 Å². The Kier molecular flexibility index (Phi) is 6.29. The van der Waals surface area contributed by atoms with Gasteiger partial charge in [0.1, 0.15) is 11.3 Å². The van der Waals surface area contributed by atoms with Gasteiger partial charge in [0, 0.05) is 48.9 Å². The Labute approximate surface area is 235 Å². The highest BCUT2D eigenvalue weighted by molar-refractivity contribution is 6.34. The smallest absolute Gasteiger partial charge is 0.407 e. The maximum Gasteiger partial charge on any atom is 0.407 e. The van der Waals surface area contributed by atoms with Crippen molar-refractivity contribution in [3.8, 4) is 11.3 Å². The Bertz CT molecular complexity index is 1610. The van der Waals surface area contributed by atoms with E-state index in [9.17, 15) is 4.79 Å². The van der Waals surface area contributed by atoms with Crippen LogP contribution >= 0.6 is 11.6 Å². The molecule has 1 atom stereocenters. The predicted octanol–water partition coefficient (Wildman–Crippen LogP) is 5.45. The first-order valence-corrected chi connectivity index (χ1v) is 13.5. The lowest BCUT2D eigenvalue weighted by molar-refractivity contribution is 0.0493. The monoisotopic (exact) mass is 564 g/mol. The standard InChI is InChI=1S/C28H30ClFN8O2/c1-27(2,3)40-26(39)35-22-14-38(15-28(22)7-8-28)24-18-9-16(5-6-21(18)31-11-19(24)29)23-20(30)12-32-25(36-23)34-17-10-33-37(4)13-17/h5-6,9-13,22H,7-8,14-15H2,1-4H3,(H,35,39)(H,32,34,36)/t22-/m1/s1. The summed E-state index contributed by atoms with van der Waals surface area (Å²) in [5.74, 6) is -0.299. The van der Waals surface area contributed by atoms with Gasteiger partial charge in [0.15, 0.2) is 5.82 Å². The number of aromatic nitrogens is 5. The van der Waals surface area contributed by atoms with Gasteiger partial charge in [-0.1, -0.05) is 17.7 Å². The minimum Gasteiger partial charge on any atom is -0.444 e. The van der Waals surface area contributed by atoms with Crippen LogP contribution in [-0.2, 0) is 11.8 Å². The number of benzene rings is 1. The zero-order valence-electron chi connectivity index (χ0n) is 22.7. The highest BCUT2D eigenvalue weighted by Gasteiger charge is 2.56. The molecule has 6 rings (SSSR count). The summed E-state index contributed by atoms with van der Waals surface area (Å²) in [7, 11) is 1.80. The number of anilines is 3. The number of hydrogen-bond acceptors (Lipinski definition) is 8. The number of halogens is 2. The number of nitrogens with one attached hydrogen (secondary N) is 2. The maximum absolute atomic E-state index is 15.0. The van der Waals surface area contributed by atoms with Gasteiger partial charge in [-0.05, 0) is 45.7 Å². The molecule has 1 saturated carbocycles. The quantitative estimate of drug-likeness (QED) is 0.329. The number of ether oxygens (including phenoxy) is 1. The first kappa shape index (κ1) is 26.2. The largest absolute Gasteiger partial charge is 0.444 e. The molecule has 10 nitrogen and oxygen atoms in total. The Morgan fingerprint density at radius 1 is 1.20 bits per heavy atom. The third-order valence-corrected chi connectivity index (χ3v) is 7.60. The Hall–Kier alpha value is -3.99. The normalized spacial score (nSPS) is 17.9. The van der Waals surface area contributed by atoms with Crippen molar-refractivity contribution in [3.05, 3.63) is 53.8 Å². The van der Waals surface area contributed by atoms with Crippen LogP contribution in [0.25, 0.3) is 22.2 Å². The topological polar surface area (TPSA) is 110 Å². The average Bonchev–Trinajstić information content (AvgIpc) is 3.42. The van der Waals surface area contributed by atoms with E-state index in [1.165, 1.54) is 0 Å². The molecule has 3 aromatic heterocycles. The van der Waals surface area contributed by atoms with Crippen LogP contribution in [-0.4, -0.2) is 55.6 Å². The minimum absolute atomic E-state index is 0.0287. The van der Waals surface area contributed by atoms with E-state index in [1.54, 1.807) is 36.4 Å². The van der Waals surface area contributed by atoms with Crippen molar-refractivity contribution in [3.63, 3.8) is 0 Å². The van der Waals surface area contributed by atoms with Gasteiger partial charge in [-0.15, -0.1) is 0 Å². The van der Waals surface area contributed by atoms with Crippen LogP contribution in [0.2, 0.25) is 5.02 Å². The predicted molar refractivity (Wildman–Crippen MR) is 151 cm³/mol. The third-order valence-electron chi connectivity index (χ3n) is 7.32. The van der Waals surface area contributed by atoms with E-state index < -0.39 is 17.5 Å². The Morgan fingerprint density at radius 3 is 2.70 bits per heavy atom. The number of pyridine rings is 1. The zero-order valence-corrected chi connectivity index (χ0v) is 23.5. The molecule has 1 aliphatic carbocycles. The molecule has 1 amide bonds. The number of fused-ring (bicyclic) bond motifs is 1. The molecule has 1 saturated heterocycles. The van der Waals surface area contributed by atoms with E-state index in [-0.39, 0.29) is 23.1 Å². The summed E-state index contributed by atoms with van der Waals surface area (Å²) in [6.07, 6.45) is 7.78. The fraction of sp³-hybridized carbons (Fsp3) is 0.393. The summed E-state index contributed by atoms with van der Waals surface area (Å²) in [4.78, 5) is 27.8. The Balaban J connectivity index is 1.33. The molecule has 0 unspecified atom stereocenters. The van der Waals surface area contributed by atoms with Crippen LogP contribution in [0.1, 0.15) is 33.6 Å². The molecule has 0 bridgehead atoms. The molecule has 1 aliphatic heterocycles. The molecule has 4 aromatic rings. The summed E-state index contributed by atoms with van der Waals surface area (Å²) in [5, 5.41) is 11.5. The van der Waals surface area contributed by atoms with Gasteiger partial charge in [0.25, 0.3) is 0 Å². The summed E-state index contributed by atoms with van der Waals surface area (Å²) in [6.45, 7) is 6.85. The number of carbonyl (C=O) groups is 1. The second-order valence-corrected chi connectivity index (χ2v) is 12.0. The lowest BCUT2D eigenvalue weighted by Gasteiger charge is -2.24. The number of hydrogen-bond donors (Lipinski definition) is 2. The summed E-state index contributed by atoms with van der Waals surface area (Å²) < 4.78 is 22.2. The van der Waals surface area contributed by atoms with Crippen LogP contribution < -0.4 is 15.5 Å². The molecular formula is C28H30ClFN8O2. The van der Waals surface area contributed by atoms with Gasteiger partial charge >= 0.3 is 6.09 Å². The van der Waals surface area contributed by atoms with E-state index >= 15 is 4.39 Å². The zero-order chi connectivity index (χ0) is 28.2. The van der Waals surface area contributed by atoms with Crippen LogP contribution in [0.15, 0.2) is 43.0 Å². The van der Waals surface area contributed by atoms with Crippen molar-refractivity contribution in [1.82, 2.24) is 30.0 Å². The van der Waals surface area contributed by atoms with E-state index in [2.05, 4.69) is 35.6 Å². The van der Waals surface area contributed by atoms with Gasteiger partial charge in [-0.25, -0.2) is 19.2 Å².